The number of nitrogens with one attached hydrogen (secondary N) is 1. The molecule has 0 saturated heterocycles. The van der Waals surface area contributed by atoms with Crippen molar-refractivity contribution in [1.29, 1.82) is 0 Å². The Morgan fingerprint density at radius 1 is 1.08 bits per heavy atom. The normalized spacial score (nSPS) is 11.5. The van der Waals surface area contributed by atoms with E-state index in [-0.39, 0.29) is 0 Å². The van der Waals surface area contributed by atoms with Crippen molar-refractivity contribution in [3.63, 3.8) is 0 Å². The average molecular weight is 337 g/mol. The summed E-state index contributed by atoms with van der Waals surface area (Å²) in [5, 5.41) is 0. The van der Waals surface area contributed by atoms with Gasteiger partial charge in [-0.2, -0.15) is 0 Å². The molecule has 0 atom stereocenters. The molecule has 0 saturated carbocycles. The van der Waals surface area contributed by atoms with Gasteiger partial charge in [-0.15, -0.1) is 0 Å². The van der Waals surface area contributed by atoms with Crippen molar-refractivity contribution in [3.05, 3.63) is 59.2 Å². The van der Waals surface area contributed by atoms with Gasteiger partial charge in [0.05, 0.1) is 23.3 Å². The number of nitrogens with two attached hydrogens (primary N) is 1. The summed E-state index contributed by atoms with van der Waals surface area (Å²) in [6, 6.07) is 10.2. The van der Waals surface area contributed by atoms with E-state index in [1.165, 1.54) is 11.1 Å². The maximum Gasteiger partial charge on any atom is 0.121 e. The topological polar surface area (TPSA) is 70.8 Å². The molecule has 1 aromatic carbocycles. The van der Waals surface area contributed by atoms with Crippen molar-refractivity contribution in [2.45, 2.75) is 39.8 Å². The van der Waals surface area contributed by atoms with Crippen LogP contribution in [0.25, 0.3) is 11.0 Å². The number of pyridine rings is 1. The number of unbranched alkanes of at least 4 members (excludes halogenated alkanes) is 1. The summed E-state index contributed by atoms with van der Waals surface area (Å²) >= 11 is 0. The fraction of sp³-hybridized carbons (Fsp3) is 0.400. The first-order chi connectivity index (χ1) is 12.2. The molecule has 3 N–H and O–H groups in total. The van der Waals surface area contributed by atoms with Gasteiger partial charge in [-0.1, -0.05) is 12.1 Å². The number of nitrogens with zero attached hydrogens (tertiary/aromatic N) is 3. The molecule has 0 unspecified atom stereocenters. The molecule has 25 heavy (non-hydrogen) atoms. The highest BCUT2D eigenvalue weighted by atomic mass is 15.2. The zero-order chi connectivity index (χ0) is 17.6. The van der Waals surface area contributed by atoms with Crippen LogP contribution in [0.4, 0.5) is 0 Å². The van der Waals surface area contributed by atoms with Gasteiger partial charge in [0.25, 0.3) is 0 Å². The molecule has 0 spiro atoms. The predicted molar refractivity (Wildman–Crippen MR) is 102 cm³/mol. The predicted octanol–water partition coefficient (Wildman–Crippen LogP) is 3.32. The van der Waals surface area contributed by atoms with Crippen LogP contribution in [0.15, 0.2) is 36.5 Å². The maximum atomic E-state index is 5.67. The lowest BCUT2D eigenvalue weighted by Crippen LogP contribution is -2.26. The summed E-state index contributed by atoms with van der Waals surface area (Å²) < 4.78 is 0. The van der Waals surface area contributed by atoms with Crippen LogP contribution in [0.2, 0.25) is 0 Å². The van der Waals surface area contributed by atoms with Gasteiger partial charge in [0.2, 0.25) is 0 Å². The zero-order valence-corrected chi connectivity index (χ0v) is 15.1. The van der Waals surface area contributed by atoms with Gasteiger partial charge in [-0.05, 0) is 69.1 Å². The molecule has 3 rings (SSSR count). The third-order valence-corrected chi connectivity index (χ3v) is 4.69. The first-order valence-corrected chi connectivity index (χ1v) is 8.94. The van der Waals surface area contributed by atoms with Crippen molar-refractivity contribution in [2.75, 3.05) is 13.1 Å². The minimum Gasteiger partial charge on any atom is -0.341 e. The van der Waals surface area contributed by atoms with Crippen molar-refractivity contribution in [3.8, 4) is 0 Å². The fourth-order valence-electron chi connectivity index (χ4n) is 3.05. The van der Waals surface area contributed by atoms with E-state index in [1.807, 2.05) is 24.4 Å². The highest BCUT2D eigenvalue weighted by molar-refractivity contribution is 5.74. The van der Waals surface area contributed by atoms with Gasteiger partial charge in [0.15, 0.2) is 0 Å². The van der Waals surface area contributed by atoms with Crippen LogP contribution in [-0.4, -0.2) is 32.9 Å². The first kappa shape index (κ1) is 17.6. The second-order valence-electron chi connectivity index (χ2n) is 6.61. The van der Waals surface area contributed by atoms with E-state index in [2.05, 4.69) is 40.8 Å². The van der Waals surface area contributed by atoms with Gasteiger partial charge >= 0.3 is 0 Å². The second kappa shape index (κ2) is 8.23. The van der Waals surface area contributed by atoms with Crippen molar-refractivity contribution in [2.24, 2.45) is 5.73 Å². The van der Waals surface area contributed by atoms with E-state index in [4.69, 9.17) is 10.7 Å². The molecular weight excluding hydrogens is 310 g/mol. The fourth-order valence-corrected chi connectivity index (χ4v) is 3.05. The van der Waals surface area contributed by atoms with Crippen LogP contribution in [0.3, 0.4) is 0 Å². The molecule has 5 heteroatoms. The number of aromatic amines is 1. The number of aryl methyl sites for hydroxylation is 1. The molecule has 2 heterocycles. The lowest BCUT2D eigenvalue weighted by atomic mass is 10.1. The summed E-state index contributed by atoms with van der Waals surface area (Å²) in [6.07, 6.45) is 4.02. The summed E-state index contributed by atoms with van der Waals surface area (Å²) in [6.45, 7) is 7.63. The highest BCUT2D eigenvalue weighted by Crippen LogP contribution is 2.16. The Hall–Kier alpha value is -2.24. The Balaban J connectivity index is 1.77. The minimum atomic E-state index is 0.736. The molecule has 0 radical (unpaired) electrons. The standard InChI is InChI=1S/C20H27N5/c1-15-9-11-22-19(16(15)2)13-25(12-6-5-10-21)14-20-23-17-7-3-4-8-18(17)24-20/h3-4,7-9,11H,5-6,10,12-14,21H2,1-2H3,(H,23,24). The van der Waals surface area contributed by atoms with Crippen LogP contribution >= 0.6 is 0 Å². The van der Waals surface area contributed by atoms with Crippen molar-refractivity contribution in [1.82, 2.24) is 19.9 Å². The van der Waals surface area contributed by atoms with Crippen LogP contribution in [0.5, 0.6) is 0 Å². The zero-order valence-electron chi connectivity index (χ0n) is 15.1. The number of hydrogen-bond acceptors (Lipinski definition) is 4. The largest absolute Gasteiger partial charge is 0.341 e. The van der Waals surface area contributed by atoms with E-state index >= 15 is 0 Å². The molecular formula is C20H27N5. The molecule has 0 bridgehead atoms. The summed E-state index contributed by atoms with van der Waals surface area (Å²) in [5.74, 6) is 0.999. The lowest BCUT2D eigenvalue weighted by molar-refractivity contribution is 0.243. The Morgan fingerprint density at radius 2 is 1.92 bits per heavy atom. The quantitative estimate of drug-likeness (QED) is 0.619. The number of hydrogen-bond donors (Lipinski definition) is 2. The minimum absolute atomic E-state index is 0.736. The Bertz CT molecular complexity index is 791. The average Bonchev–Trinajstić information content (AvgIpc) is 3.01. The van der Waals surface area contributed by atoms with Crippen molar-refractivity contribution < 1.29 is 0 Å². The Morgan fingerprint density at radius 3 is 2.72 bits per heavy atom. The van der Waals surface area contributed by atoms with Gasteiger partial charge in [-0.25, -0.2) is 4.98 Å². The van der Waals surface area contributed by atoms with Crippen molar-refractivity contribution >= 4 is 11.0 Å². The molecule has 132 valence electrons. The molecule has 0 aliphatic heterocycles. The molecule has 2 aromatic heterocycles. The lowest BCUT2D eigenvalue weighted by Gasteiger charge is -2.22. The Labute approximate surface area is 149 Å². The number of para-hydroxylation sites is 2. The van der Waals surface area contributed by atoms with Gasteiger partial charge in [0, 0.05) is 12.7 Å². The summed E-state index contributed by atoms with van der Waals surface area (Å²) in [4.78, 5) is 15.1. The number of imidazole rings is 1. The SMILES string of the molecule is Cc1ccnc(CN(CCCCN)Cc2nc3ccccc3[nH]2)c1C. The van der Waals surface area contributed by atoms with Crippen LogP contribution in [0, 0.1) is 13.8 Å². The third-order valence-electron chi connectivity index (χ3n) is 4.69. The number of fused-ring (bicyclic) bond motifs is 1. The summed E-state index contributed by atoms with van der Waals surface area (Å²) in [5.41, 5.74) is 11.5. The van der Waals surface area contributed by atoms with E-state index in [9.17, 15) is 0 Å². The maximum absolute atomic E-state index is 5.67. The van der Waals surface area contributed by atoms with Gasteiger partial charge < -0.3 is 10.7 Å². The number of rotatable bonds is 8. The highest BCUT2D eigenvalue weighted by Gasteiger charge is 2.13. The monoisotopic (exact) mass is 337 g/mol. The van der Waals surface area contributed by atoms with E-state index in [1.54, 1.807) is 0 Å². The first-order valence-electron chi connectivity index (χ1n) is 8.94. The molecule has 0 amide bonds. The molecule has 5 nitrogen and oxygen atoms in total. The number of H-pyrrole nitrogens is 1. The van der Waals surface area contributed by atoms with Crippen LogP contribution < -0.4 is 5.73 Å². The van der Waals surface area contributed by atoms with Crippen LogP contribution in [-0.2, 0) is 13.1 Å². The number of aromatic nitrogens is 3. The number of benzene rings is 1. The van der Waals surface area contributed by atoms with E-state index in [0.717, 1.165) is 61.6 Å². The van der Waals surface area contributed by atoms with Gasteiger partial charge in [0.1, 0.15) is 5.82 Å². The smallest absolute Gasteiger partial charge is 0.121 e. The van der Waals surface area contributed by atoms with Gasteiger partial charge in [-0.3, -0.25) is 9.88 Å². The van der Waals surface area contributed by atoms with E-state index < -0.39 is 0 Å². The Kier molecular flexibility index (Phi) is 5.79. The second-order valence-corrected chi connectivity index (χ2v) is 6.61. The molecule has 0 fully saturated rings. The third kappa shape index (κ3) is 4.44. The summed E-state index contributed by atoms with van der Waals surface area (Å²) in [7, 11) is 0. The van der Waals surface area contributed by atoms with E-state index in [0.29, 0.717) is 0 Å². The molecule has 0 aliphatic carbocycles. The van der Waals surface area contributed by atoms with Crippen LogP contribution in [0.1, 0.15) is 35.5 Å². The molecule has 0 aliphatic rings. The molecule has 3 aromatic rings.